The van der Waals surface area contributed by atoms with E-state index in [9.17, 15) is 4.79 Å². The Hall–Kier alpha value is -2.92. The van der Waals surface area contributed by atoms with E-state index in [1.54, 1.807) is 12.3 Å². The number of benzene rings is 2. The van der Waals surface area contributed by atoms with E-state index in [4.69, 9.17) is 11.6 Å². The Morgan fingerprint density at radius 1 is 1.12 bits per heavy atom. The van der Waals surface area contributed by atoms with Crippen LogP contribution in [0.25, 0.3) is 0 Å². The molecule has 0 saturated carbocycles. The third-order valence-corrected chi connectivity index (χ3v) is 4.32. The van der Waals surface area contributed by atoms with Gasteiger partial charge in [-0.25, -0.2) is 9.97 Å². The normalized spacial score (nSPS) is 12.4. The van der Waals surface area contributed by atoms with Gasteiger partial charge in [0, 0.05) is 35.2 Å². The van der Waals surface area contributed by atoms with E-state index in [2.05, 4.69) is 26.7 Å². The Bertz CT molecular complexity index is 940. The van der Waals surface area contributed by atoms with Crippen LogP contribution in [0, 0.1) is 0 Å². The number of fused-ring (bicyclic) bond motifs is 1. The topological polar surface area (TPSA) is 66.9 Å². The third-order valence-electron chi connectivity index (χ3n) is 4.14. The molecule has 0 radical (unpaired) electrons. The van der Waals surface area contributed by atoms with Gasteiger partial charge in [0.1, 0.15) is 5.82 Å². The van der Waals surface area contributed by atoms with Gasteiger partial charge in [-0.2, -0.15) is 0 Å². The second-order valence-corrected chi connectivity index (χ2v) is 6.10. The van der Waals surface area contributed by atoms with Gasteiger partial charge in [-0.15, -0.1) is 0 Å². The molecule has 25 heavy (non-hydrogen) atoms. The fourth-order valence-corrected chi connectivity index (χ4v) is 3.09. The van der Waals surface area contributed by atoms with Gasteiger partial charge in [0.15, 0.2) is 5.78 Å². The highest BCUT2D eigenvalue weighted by Crippen LogP contribution is 2.28. The van der Waals surface area contributed by atoms with Crippen LogP contribution in [0.1, 0.15) is 21.5 Å². The fraction of sp³-hybridized carbons (Fsp3) is 0.105. The first-order valence-corrected chi connectivity index (χ1v) is 8.34. The molecule has 0 fully saturated rings. The van der Waals surface area contributed by atoms with E-state index in [1.807, 2.05) is 36.4 Å². The zero-order chi connectivity index (χ0) is 17.2. The van der Waals surface area contributed by atoms with Crippen LogP contribution in [-0.4, -0.2) is 22.3 Å². The van der Waals surface area contributed by atoms with Crippen LogP contribution in [0.2, 0.25) is 5.28 Å². The van der Waals surface area contributed by atoms with E-state index in [0.29, 0.717) is 11.4 Å². The zero-order valence-electron chi connectivity index (χ0n) is 13.3. The Labute approximate surface area is 150 Å². The summed E-state index contributed by atoms with van der Waals surface area (Å²) in [4.78, 5) is 20.7. The molecule has 0 bridgehead atoms. The van der Waals surface area contributed by atoms with Crippen LogP contribution in [-0.2, 0) is 6.42 Å². The second-order valence-electron chi connectivity index (χ2n) is 5.76. The lowest BCUT2D eigenvalue weighted by Gasteiger charge is -2.09. The number of halogens is 1. The standard InChI is InChI=1S/C19H15ClN4O/c20-19-22-11-9-16(24-19)23-14-6-4-13(5-7-14)18(25)15-3-1-2-12-8-10-21-17(12)15/h1-7,9,11,21H,8,10H2,(H,22,23,24). The molecule has 0 aliphatic carbocycles. The molecule has 0 amide bonds. The van der Waals surface area contributed by atoms with Crippen molar-refractivity contribution in [3.63, 3.8) is 0 Å². The molecule has 1 aliphatic heterocycles. The van der Waals surface area contributed by atoms with Crippen LogP contribution in [0.5, 0.6) is 0 Å². The fourth-order valence-electron chi connectivity index (χ4n) is 2.94. The predicted octanol–water partition coefficient (Wildman–Crippen LogP) is 4.07. The summed E-state index contributed by atoms with van der Waals surface area (Å²) < 4.78 is 0. The van der Waals surface area contributed by atoms with Crippen LogP contribution >= 0.6 is 11.6 Å². The Balaban J connectivity index is 1.56. The van der Waals surface area contributed by atoms with Crippen molar-refractivity contribution < 1.29 is 4.79 Å². The van der Waals surface area contributed by atoms with Crippen molar-refractivity contribution in [1.29, 1.82) is 0 Å². The molecule has 0 saturated heterocycles. The number of carbonyl (C=O) groups excluding carboxylic acids is 1. The summed E-state index contributed by atoms with van der Waals surface area (Å²) in [7, 11) is 0. The minimum absolute atomic E-state index is 0.0166. The first-order chi connectivity index (χ1) is 12.2. The van der Waals surface area contributed by atoms with E-state index in [0.717, 1.165) is 29.9 Å². The van der Waals surface area contributed by atoms with E-state index < -0.39 is 0 Å². The van der Waals surface area contributed by atoms with Crippen molar-refractivity contribution in [2.75, 3.05) is 17.2 Å². The molecule has 5 nitrogen and oxygen atoms in total. The third kappa shape index (κ3) is 3.19. The summed E-state index contributed by atoms with van der Waals surface area (Å²) in [5.74, 6) is 0.618. The maximum absolute atomic E-state index is 12.8. The SMILES string of the molecule is O=C(c1ccc(Nc2ccnc(Cl)n2)cc1)c1cccc2c1NCC2. The molecule has 0 unspecified atom stereocenters. The molecule has 3 aromatic rings. The summed E-state index contributed by atoms with van der Waals surface area (Å²) >= 11 is 5.78. The molecule has 2 aromatic carbocycles. The number of hydrogen-bond donors (Lipinski definition) is 2. The van der Waals surface area contributed by atoms with Gasteiger partial charge in [0.2, 0.25) is 5.28 Å². The average molecular weight is 351 g/mol. The number of ketones is 1. The average Bonchev–Trinajstić information content (AvgIpc) is 3.10. The monoisotopic (exact) mass is 350 g/mol. The molecule has 0 spiro atoms. The van der Waals surface area contributed by atoms with Crippen molar-refractivity contribution in [2.45, 2.75) is 6.42 Å². The Morgan fingerprint density at radius 2 is 1.96 bits per heavy atom. The van der Waals surface area contributed by atoms with Crippen molar-refractivity contribution >= 4 is 34.6 Å². The minimum Gasteiger partial charge on any atom is -0.384 e. The van der Waals surface area contributed by atoms with E-state index in [-0.39, 0.29) is 11.1 Å². The van der Waals surface area contributed by atoms with Crippen LogP contribution in [0.3, 0.4) is 0 Å². The number of rotatable bonds is 4. The lowest BCUT2D eigenvalue weighted by molar-refractivity contribution is 0.103. The predicted molar refractivity (Wildman–Crippen MR) is 98.8 cm³/mol. The maximum atomic E-state index is 12.8. The van der Waals surface area contributed by atoms with Crippen LogP contribution in [0.4, 0.5) is 17.2 Å². The van der Waals surface area contributed by atoms with E-state index in [1.165, 1.54) is 5.56 Å². The zero-order valence-corrected chi connectivity index (χ0v) is 14.0. The van der Waals surface area contributed by atoms with Crippen molar-refractivity contribution in [1.82, 2.24) is 9.97 Å². The molecule has 4 rings (SSSR count). The Kier molecular flexibility index (Phi) is 4.07. The lowest BCUT2D eigenvalue weighted by Crippen LogP contribution is -2.05. The van der Waals surface area contributed by atoms with Gasteiger partial charge in [-0.1, -0.05) is 12.1 Å². The molecule has 2 heterocycles. The molecule has 2 N–H and O–H groups in total. The van der Waals surface area contributed by atoms with Gasteiger partial charge < -0.3 is 10.6 Å². The summed E-state index contributed by atoms with van der Waals surface area (Å²) in [6, 6.07) is 14.9. The maximum Gasteiger partial charge on any atom is 0.224 e. The molecule has 1 aliphatic rings. The summed E-state index contributed by atoms with van der Waals surface area (Å²) in [5, 5.41) is 6.62. The van der Waals surface area contributed by atoms with Crippen molar-refractivity contribution in [3.05, 3.63) is 76.7 Å². The van der Waals surface area contributed by atoms with Gasteiger partial charge in [0.05, 0.1) is 0 Å². The van der Waals surface area contributed by atoms with Gasteiger partial charge in [-0.3, -0.25) is 4.79 Å². The van der Waals surface area contributed by atoms with Crippen LogP contribution < -0.4 is 10.6 Å². The minimum atomic E-state index is 0.0166. The number of carbonyl (C=O) groups is 1. The number of anilines is 3. The summed E-state index contributed by atoms with van der Waals surface area (Å²) in [6.45, 7) is 0.879. The molecule has 6 heteroatoms. The number of aromatic nitrogens is 2. The van der Waals surface area contributed by atoms with Crippen LogP contribution in [0.15, 0.2) is 54.7 Å². The molecule has 1 aromatic heterocycles. The highest BCUT2D eigenvalue weighted by atomic mass is 35.5. The largest absolute Gasteiger partial charge is 0.384 e. The molecular formula is C19H15ClN4O. The number of nitrogens with one attached hydrogen (secondary N) is 2. The first-order valence-electron chi connectivity index (χ1n) is 7.97. The van der Waals surface area contributed by atoms with Gasteiger partial charge >= 0.3 is 0 Å². The molecule has 0 atom stereocenters. The van der Waals surface area contributed by atoms with Crippen molar-refractivity contribution in [2.24, 2.45) is 0 Å². The quantitative estimate of drug-likeness (QED) is 0.548. The highest BCUT2D eigenvalue weighted by molar-refractivity contribution is 6.28. The first kappa shape index (κ1) is 15.6. The number of para-hydroxylation sites is 1. The smallest absolute Gasteiger partial charge is 0.224 e. The summed E-state index contributed by atoms with van der Waals surface area (Å²) in [5.41, 5.74) is 4.35. The summed E-state index contributed by atoms with van der Waals surface area (Å²) in [6.07, 6.45) is 2.54. The van der Waals surface area contributed by atoms with Crippen molar-refractivity contribution in [3.8, 4) is 0 Å². The number of nitrogens with zero attached hydrogens (tertiary/aromatic N) is 2. The van der Waals surface area contributed by atoms with Gasteiger partial charge in [-0.05, 0) is 60.0 Å². The van der Waals surface area contributed by atoms with Gasteiger partial charge in [0.25, 0.3) is 0 Å². The highest BCUT2D eigenvalue weighted by Gasteiger charge is 2.19. The Morgan fingerprint density at radius 3 is 2.76 bits per heavy atom. The number of hydrogen-bond acceptors (Lipinski definition) is 5. The lowest BCUT2D eigenvalue weighted by atomic mass is 9.99. The second kappa shape index (κ2) is 6.53. The van der Waals surface area contributed by atoms with E-state index >= 15 is 0 Å². The molecule has 124 valence electrons. The molecular weight excluding hydrogens is 336 g/mol.